The van der Waals surface area contributed by atoms with E-state index in [1.165, 1.54) is 29.9 Å². The second kappa shape index (κ2) is 8.71. The molecule has 4 aromatic rings. The van der Waals surface area contributed by atoms with Gasteiger partial charge >= 0.3 is 0 Å². The molecule has 0 unspecified atom stereocenters. The first-order chi connectivity index (χ1) is 15.2. The molecule has 13 heteroatoms. The summed E-state index contributed by atoms with van der Waals surface area (Å²) in [5.41, 5.74) is -0.0430. The van der Waals surface area contributed by atoms with Crippen molar-refractivity contribution in [1.29, 1.82) is 0 Å². The van der Waals surface area contributed by atoms with E-state index in [1.807, 2.05) is 0 Å². The van der Waals surface area contributed by atoms with Crippen molar-refractivity contribution in [2.45, 2.75) is 13.1 Å². The third-order valence-electron chi connectivity index (χ3n) is 4.34. The Balaban J connectivity index is 1.44. The van der Waals surface area contributed by atoms with Gasteiger partial charge in [0.05, 0.1) is 46.6 Å². The van der Waals surface area contributed by atoms with E-state index in [0.717, 1.165) is 10.2 Å². The monoisotopic (exact) mass is 487 g/mol. The van der Waals surface area contributed by atoms with Crippen molar-refractivity contribution in [2.75, 3.05) is 5.32 Å². The zero-order valence-corrected chi connectivity index (χ0v) is 17.3. The fraction of sp³-hybridized carbons (Fsp3) is 0.105. The smallest absolute Gasteiger partial charge is 0.265 e. The van der Waals surface area contributed by atoms with Crippen molar-refractivity contribution in [1.82, 2.24) is 19.6 Å². The van der Waals surface area contributed by atoms with Crippen molar-refractivity contribution in [3.8, 4) is 0 Å². The molecule has 0 aliphatic carbocycles. The van der Waals surface area contributed by atoms with Crippen molar-refractivity contribution < 1.29 is 26.7 Å². The van der Waals surface area contributed by atoms with Crippen LogP contribution >= 0.6 is 22.9 Å². The molecule has 32 heavy (non-hydrogen) atoms. The van der Waals surface area contributed by atoms with Crippen LogP contribution in [-0.4, -0.2) is 25.5 Å². The lowest BCUT2D eigenvalue weighted by atomic mass is 10.1. The van der Waals surface area contributed by atoms with Crippen LogP contribution in [0.3, 0.4) is 0 Å². The highest BCUT2D eigenvalue weighted by Crippen LogP contribution is 2.24. The Morgan fingerprint density at radius 1 is 0.938 bits per heavy atom. The van der Waals surface area contributed by atoms with Gasteiger partial charge in [0.15, 0.2) is 23.3 Å². The number of hydrogen-bond acceptors (Lipinski definition) is 4. The average molecular weight is 488 g/mol. The second-order valence-corrected chi connectivity index (χ2v) is 7.95. The van der Waals surface area contributed by atoms with Gasteiger partial charge < -0.3 is 5.32 Å². The first kappa shape index (κ1) is 22.0. The van der Waals surface area contributed by atoms with Gasteiger partial charge in [0, 0.05) is 12.4 Å². The highest BCUT2D eigenvalue weighted by Gasteiger charge is 2.26. The van der Waals surface area contributed by atoms with Crippen LogP contribution in [0.15, 0.2) is 36.2 Å². The molecule has 166 valence electrons. The molecule has 3 heterocycles. The summed E-state index contributed by atoms with van der Waals surface area (Å²) < 4.78 is 70.1. The number of aromatic nitrogens is 4. The van der Waals surface area contributed by atoms with Crippen LogP contribution in [0.1, 0.15) is 20.8 Å². The molecule has 0 aliphatic heterocycles. The molecule has 0 saturated heterocycles. The van der Waals surface area contributed by atoms with Gasteiger partial charge in [-0.15, -0.1) is 11.3 Å². The number of amides is 1. The Kier molecular flexibility index (Phi) is 5.98. The summed E-state index contributed by atoms with van der Waals surface area (Å²) in [6.45, 7) is -0.312. The number of halogens is 6. The van der Waals surface area contributed by atoms with Crippen LogP contribution in [0, 0.1) is 29.1 Å². The Labute approximate surface area is 185 Å². The van der Waals surface area contributed by atoms with Crippen LogP contribution in [-0.2, 0) is 13.1 Å². The highest BCUT2D eigenvalue weighted by atomic mass is 35.5. The number of benzene rings is 1. The average Bonchev–Trinajstić information content (AvgIpc) is 3.50. The molecule has 4 rings (SSSR count). The third kappa shape index (κ3) is 4.36. The third-order valence-corrected chi connectivity index (χ3v) is 5.51. The normalized spacial score (nSPS) is 11.2. The van der Waals surface area contributed by atoms with Gasteiger partial charge in [0.25, 0.3) is 5.91 Å². The fourth-order valence-corrected chi connectivity index (χ4v) is 3.80. The summed E-state index contributed by atoms with van der Waals surface area (Å²) in [7, 11) is 0. The number of anilines is 1. The molecule has 1 N–H and O–H groups in total. The molecule has 0 aliphatic rings. The standard InChI is InChI=1S/C19H11ClF5N5OS/c20-10-2-26-29(5-10)4-9-1-13(32-8-9)19(31)28-11-3-27-30(6-11)7-12-14(21)16(23)18(25)17(24)15(12)22/h1-3,5-6,8H,4,7H2,(H,28,31). The molecule has 0 fully saturated rings. The van der Waals surface area contributed by atoms with Crippen molar-refractivity contribution in [3.63, 3.8) is 0 Å². The van der Waals surface area contributed by atoms with Crippen molar-refractivity contribution >= 4 is 34.5 Å². The molecule has 3 aromatic heterocycles. The molecule has 0 saturated carbocycles. The summed E-state index contributed by atoms with van der Waals surface area (Å²) in [4.78, 5) is 12.8. The van der Waals surface area contributed by atoms with Crippen molar-refractivity contribution in [2.24, 2.45) is 0 Å². The highest BCUT2D eigenvalue weighted by molar-refractivity contribution is 7.12. The molecule has 1 aromatic carbocycles. The number of carbonyl (C=O) groups is 1. The number of hydrogen-bond donors (Lipinski definition) is 1. The molecule has 0 spiro atoms. The van der Waals surface area contributed by atoms with E-state index in [4.69, 9.17) is 11.6 Å². The Morgan fingerprint density at radius 3 is 2.22 bits per heavy atom. The predicted octanol–water partition coefficient (Wildman–Crippen LogP) is 4.84. The second-order valence-electron chi connectivity index (χ2n) is 6.60. The van der Waals surface area contributed by atoms with Gasteiger partial charge in [-0.1, -0.05) is 11.6 Å². The van der Waals surface area contributed by atoms with Crippen LogP contribution < -0.4 is 5.32 Å². The van der Waals surface area contributed by atoms with Gasteiger partial charge in [-0.3, -0.25) is 14.2 Å². The maximum Gasteiger partial charge on any atom is 0.265 e. The summed E-state index contributed by atoms with van der Waals surface area (Å²) >= 11 is 7.01. The maximum atomic E-state index is 13.8. The topological polar surface area (TPSA) is 64.7 Å². The van der Waals surface area contributed by atoms with Crippen LogP contribution in [0.25, 0.3) is 0 Å². The molecular weight excluding hydrogens is 477 g/mol. The van der Waals surface area contributed by atoms with Crippen molar-refractivity contribution in [3.05, 3.63) is 86.3 Å². The number of thiophene rings is 1. The largest absolute Gasteiger partial charge is 0.319 e. The van der Waals surface area contributed by atoms with Gasteiger partial charge in [-0.05, 0) is 17.0 Å². The SMILES string of the molecule is O=C(Nc1cnn(Cc2c(F)c(F)c(F)c(F)c2F)c1)c1cc(Cn2cc(Cl)cn2)cs1. The first-order valence-electron chi connectivity index (χ1n) is 8.82. The molecule has 0 bridgehead atoms. The zero-order chi connectivity index (χ0) is 23.0. The van der Waals surface area contributed by atoms with Gasteiger partial charge in [0.1, 0.15) is 0 Å². The maximum absolute atomic E-state index is 13.8. The van der Waals surface area contributed by atoms with Gasteiger partial charge in [-0.2, -0.15) is 10.2 Å². The van der Waals surface area contributed by atoms with Crippen LogP contribution in [0.4, 0.5) is 27.6 Å². The molecule has 6 nitrogen and oxygen atoms in total. The summed E-state index contributed by atoms with van der Waals surface area (Å²) in [5, 5.41) is 12.7. The summed E-state index contributed by atoms with van der Waals surface area (Å²) in [5.74, 6) is -10.6. The molecular formula is C19H11ClF5N5OS. The molecule has 0 radical (unpaired) electrons. The lowest BCUT2D eigenvalue weighted by molar-refractivity contribution is 0.103. The van der Waals surface area contributed by atoms with E-state index in [-0.39, 0.29) is 5.69 Å². The van der Waals surface area contributed by atoms with Crippen LogP contribution in [0.2, 0.25) is 5.02 Å². The van der Waals surface area contributed by atoms with E-state index < -0.39 is 47.1 Å². The minimum absolute atomic E-state index is 0.174. The lowest BCUT2D eigenvalue weighted by Gasteiger charge is -2.08. The number of nitrogens with zero attached hydrogens (tertiary/aromatic N) is 4. The minimum atomic E-state index is -2.23. The van der Waals surface area contributed by atoms with Crippen LogP contribution in [0.5, 0.6) is 0 Å². The predicted molar refractivity (Wildman–Crippen MR) is 106 cm³/mol. The summed E-state index contributed by atoms with van der Waals surface area (Å²) in [6.07, 6.45) is 5.52. The Morgan fingerprint density at radius 2 is 1.56 bits per heavy atom. The van der Waals surface area contributed by atoms with E-state index in [1.54, 1.807) is 22.3 Å². The van der Waals surface area contributed by atoms with E-state index >= 15 is 0 Å². The number of carbonyl (C=O) groups excluding carboxylic acids is 1. The quantitative estimate of drug-likeness (QED) is 0.240. The molecule has 1 amide bonds. The van der Waals surface area contributed by atoms with Gasteiger partial charge in [0.2, 0.25) is 5.82 Å². The minimum Gasteiger partial charge on any atom is -0.319 e. The van der Waals surface area contributed by atoms with Gasteiger partial charge in [-0.25, -0.2) is 22.0 Å². The number of rotatable bonds is 6. The fourth-order valence-electron chi connectivity index (χ4n) is 2.85. The lowest BCUT2D eigenvalue weighted by Crippen LogP contribution is -2.12. The van der Waals surface area contributed by atoms with E-state index in [0.29, 0.717) is 16.4 Å². The molecule has 0 atom stereocenters. The van der Waals surface area contributed by atoms with E-state index in [9.17, 15) is 26.7 Å². The Bertz CT molecular complexity index is 1290. The number of nitrogens with one attached hydrogen (secondary N) is 1. The summed E-state index contributed by atoms with van der Waals surface area (Å²) in [6, 6.07) is 1.66. The zero-order valence-electron chi connectivity index (χ0n) is 15.8. The Hall–Kier alpha value is -3.25. The van der Waals surface area contributed by atoms with E-state index in [2.05, 4.69) is 15.5 Å². The first-order valence-corrected chi connectivity index (χ1v) is 10.1.